The molecule has 0 bridgehead atoms. The maximum Gasteiger partial charge on any atom is 0.416 e. The lowest BCUT2D eigenvalue weighted by atomic mass is 10.0. The van der Waals surface area contributed by atoms with Gasteiger partial charge in [0, 0.05) is 13.7 Å². The van der Waals surface area contributed by atoms with Crippen LogP contribution in [0.4, 0.5) is 13.2 Å². The van der Waals surface area contributed by atoms with E-state index in [1.165, 1.54) is 12.1 Å². The summed E-state index contributed by atoms with van der Waals surface area (Å²) in [7, 11) is 1.71. The molecule has 2 nitrogen and oxygen atoms in total. The molecule has 2 rings (SSSR count). The van der Waals surface area contributed by atoms with Crippen LogP contribution >= 0.6 is 0 Å². The minimum absolute atomic E-state index is 0.114. The molecule has 0 heterocycles. The molecule has 0 saturated heterocycles. The van der Waals surface area contributed by atoms with E-state index < -0.39 is 11.7 Å². The fourth-order valence-electron chi connectivity index (χ4n) is 2.76. The van der Waals surface area contributed by atoms with Gasteiger partial charge in [0.1, 0.15) is 0 Å². The van der Waals surface area contributed by atoms with Crippen molar-refractivity contribution in [2.45, 2.75) is 38.6 Å². The van der Waals surface area contributed by atoms with Crippen LogP contribution in [0.5, 0.6) is 0 Å². The zero-order valence-corrected chi connectivity index (χ0v) is 14.6. The van der Waals surface area contributed by atoms with Gasteiger partial charge >= 0.3 is 6.18 Å². The normalized spacial score (nSPS) is 13.0. The number of ether oxygens (including phenoxy) is 1. The molecule has 0 radical (unpaired) electrons. The number of benzene rings is 2. The van der Waals surface area contributed by atoms with Crippen LogP contribution in [0.2, 0.25) is 0 Å². The molecule has 2 aromatic carbocycles. The Bertz CT molecular complexity index is 649. The summed E-state index contributed by atoms with van der Waals surface area (Å²) in [4.78, 5) is 0. The maximum absolute atomic E-state index is 12.7. The summed E-state index contributed by atoms with van der Waals surface area (Å²) in [6.07, 6.45) is -2.69. The quantitative estimate of drug-likeness (QED) is 0.665. The van der Waals surface area contributed by atoms with E-state index >= 15 is 0 Å². The van der Waals surface area contributed by atoms with Crippen molar-refractivity contribution in [2.24, 2.45) is 0 Å². The molecule has 1 N–H and O–H groups in total. The van der Waals surface area contributed by atoms with E-state index in [1.807, 2.05) is 12.1 Å². The predicted molar refractivity (Wildman–Crippen MR) is 93.3 cm³/mol. The summed E-state index contributed by atoms with van der Waals surface area (Å²) in [5.41, 5.74) is 2.38. The Morgan fingerprint density at radius 1 is 1.04 bits per heavy atom. The third-order valence-electron chi connectivity index (χ3n) is 4.18. The van der Waals surface area contributed by atoms with E-state index in [1.54, 1.807) is 13.2 Å². The first-order chi connectivity index (χ1) is 11.9. The number of methoxy groups -OCH3 is 1. The number of nitrogens with one attached hydrogen (secondary N) is 1. The summed E-state index contributed by atoms with van der Waals surface area (Å²) >= 11 is 0. The lowest BCUT2D eigenvalue weighted by Gasteiger charge is -2.14. The van der Waals surface area contributed by atoms with Gasteiger partial charge in [0.2, 0.25) is 0 Å². The van der Waals surface area contributed by atoms with Gasteiger partial charge in [0.15, 0.2) is 0 Å². The van der Waals surface area contributed by atoms with Crippen molar-refractivity contribution in [3.8, 4) is 0 Å². The number of rotatable bonds is 8. The third kappa shape index (κ3) is 5.87. The highest BCUT2D eigenvalue weighted by Gasteiger charge is 2.30. The Balaban J connectivity index is 1.81. The number of hydrogen-bond acceptors (Lipinski definition) is 2. The van der Waals surface area contributed by atoms with Crippen LogP contribution in [0.25, 0.3) is 0 Å². The maximum atomic E-state index is 12.7. The molecule has 0 aromatic heterocycles. The van der Waals surface area contributed by atoms with Gasteiger partial charge in [-0.15, -0.1) is 0 Å². The predicted octanol–water partition coefficient (Wildman–Crippen LogP) is 5.14. The Kier molecular flexibility index (Phi) is 7.02. The average Bonchev–Trinajstić information content (AvgIpc) is 2.60. The summed E-state index contributed by atoms with van der Waals surface area (Å²) < 4.78 is 43.5. The first-order valence-corrected chi connectivity index (χ1v) is 8.42. The minimum atomic E-state index is -4.29. The van der Waals surface area contributed by atoms with E-state index in [0.717, 1.165) is 23.6 Å². The van der Waals surface area contributed by atoms with Gasteiger partial charge in [-0.25, -0.2) is 0 Å². The van der Waals surface area contributed by atoms with Gasteiger partial charge in [0.25, 0.3) is 0 Å². The molecule has 0 aliphatic carbocycles. The van der Waals surface area contributed by atoms with Crippen molar-refractivity contribution in [2.75, 3.05) is 13.7 Å². The van der Waals surface area contributed by atoms with E-state index in [0.29, 0.717) is 25.1 Å². The van der Waals surface area contributed by atoms with Crippen LogP contribution in [-0.2, 0) is 23.9 Å². The molecule has 0 aliphatic heterocycles. The van der Waals surface area contributed by atoms with E-state index in [4.69, 9.17) is 4.74 Å². The molecule has 5 heteroatoms. The van der Waals surface area contributed by atoms with Gasteiger partial charge in [-0.3, -0.25) is 0 Å². The van der Waals surface area contributed by atoms with Crippen LogP contribution in [0.3, 0.4) is 0 Å². The Morgan fingerprint density at radius 3 is 2.36 bits per heavy atom. The summed E-state index contributed by atoms with van der Waals surface area (Å²) in [6.45, 7) is 3.39. The first-order valence-electron chi connectivity index (χ1n) is 8.42. The van der Waals surface area contributed by atoms with Crippen LogP contribution < -0.4 is 5.32 Å². The smallest absolute Gasteiger partial charge is 0.377 e. The van der Waals surface area contributed by atoms with E-state index in [-0.39, 0.29) is 6.10 Å². The standard InChI is InChI=1S/C20H24F3NO/c1-3-19(25-2)17-9-7-16(8-10-17)14-24-12-11-15-5-4-6-18(13-15)20(21,22)23/h4-10,13,19,24H,3,11-12,14H2,1-2H3. The summed E-state index contributed by atoms with van der Waals surface area (Å²) in [6, 6.07) is 13.7. The number of halogens is 3. The molecule has 0 amide bonds. The van der Waals surface area contributed by atoms with Crippen LogP contribution in [-0.4, -0.2) is 13.7 Å². The Morgan fingerprint density at radius 2 is 1.76 bits per heavy atom. The largest absolute Gasteiger partial charge is 0.416 e. The molecule has 136 valence electrons. The molecule has 0 spiro atoms. The van der Waals surface area contributed by atoms with Crippen molar-refractivity contribution in [3.63, 3.8) is 0 Å². The number of alkyl halides is 3. The Hall–Kier alpha value is -1.85. The fraction of sp³-hybridized carbons (Fsp3) is 0.400. The van der Waals surface area contributed by atoms with Crippen molar-refractivity contribution in [1.82, 2.24) is 5.32 Å². The van der Waals surface area contributed by atoms with Crippen molar-refractivity contribution >= 4 is 0 Å². The molecular weight excluding hydrogens is 327 g/mol. The summed E-state index contributed by atoms with van der Waals surface area (Å²) in [5, 5.41) is 3.27. The highest BCUT2D eigenvalue weighted by Crippen LogP contribution is 2.29. The molecule has 25 heavy (non-hydrogen) atoms. The fourth-order valence-corrected chi connectivity index (χ4v) is 2.76. The first kappa shape index (κ1) is 19.5. The summed E-state index contributed by atoms with van der Waals surface area (Å²) in [5.74, 6) is 0. The van der Waals surface area contributed by atoms with Crippen LogP contribution in [0, 0.1) is 0 Å². The zero-order chi connectivity index (χ0) is 18.3. The zero-order valence-electron chi connectivity index (χ0n) is 14.6. The molecule has 1 unspecified atom stereocenters. The topological polar surface area (TPSA) is 21.3 Å². The molecule has 1 atom stereocenters. The van der Waals surface area contributed by atoms with Gasteiger partial charge in [0.05, 0.1) is 11.7 Å². The van der Waals surface area contributed by atoms with Gasteiger partial charge in [-0.1, -0.05) is 49.4 Å². The van der Waals surface area contributed by atoms with Crippen molar-refractivity contribution in [3.05, 3.63) is 70.8 Å². The third-order valence-corrected chi connectivity index (χ3v) is 4.18. The molecule has 0 aliphatic rings. The second kappa shape index (κ2) is 9.02. The molecule has 0 saturated carbocycles. The second-order valence-corrected chi connectivity index (χ2v) is 6.00. The van der Waals surface area contributed by atoms with Crippen LogP contribution in [0.15, 0.2) is 48.5 Å². The monoisotopic (exact) mass is 351 g/mol. The molecular formula is C20H24F3NO. The highest BCUT2D eigenvalue weighted by molar-refractivity contribution is 5.26. The lowest BCUT2D eigenvalue weighted by Crippen LogP contribution is -2.17. The van der Waals surface area contributed by atoms with E-state index in [2.05, 4.69) is 24.4 Å². The highest BCUT2D eigenvalue weighted by atomic mass is 19.4. The molecule has 0 fully saturated rings. The van der Waals surface area contributed by atoms with Gasteiger partial charge < -0.3 is 10.1 Å². The van der Waals surface area contributed by atoms with Gasteiger partial charge in [-0.2, -0.15) is 13.2 Å². The number of hydrogen-bond donors (Lipinski definition) is 1. The van der Waals surface area contributed by atoms with Crippen molar-refractivity contribution < 1.29 is 17.9 Å². The molecule has 2 aromatic rings. The van der Waals surface area contributed by atoms with E-state index in [9.17, 15) is 13.2 Å². The minimum Gasteiger partial charge on any atom is -0.377 e. The van der Waals surface area contributed by atoms with Crippen molar-refractivity contribution in [1.29, 1.82) is 0 Å². The van der Waals surface area contributed by atoms with Gasteiger partial charge in [-0.05, 0) is 42.1 Å². The average molecular weight is 351 g/mol. The second-order valence-electron chi connectivity index (χ2n) is 6.00. The van der Waals surface area contributed by atoms with Crippen LogP contribution in [0.1, 0.15) is 41.7 Å². The Labute approximate surface area is 147 Å². The lowest BCUT2D eigenvalue weighted by molar-refractivity contribution is -0.137. The SMILES string of the molecule is CCC(OC)c1ccc(CNCCc2cccc(C(F)(F)F)c2)cc1.